The number of hydrogen-bond donors (Lipinski definition) is 1. The SMILES string of the molecule is O=C(Nc1ccccc1F)c1cccc2nccnc12. The molecule has 0 atom stereocenters. The Morgan fingerprint density at radius 3 is 2.65 bits per heavy atom. The van der Waals surface area contributed by atoms with E-state index in [0.29, 0.717) is 16.6 Å². The number of para-hydroxylation sites is 2. The highest BCUT2D eigenvalue weighted by molar-refractivity contribution is 6.11. The van der Waals surface area contributed by atoms with Crippen LogP contribution >= 0.6 is 0 Å². The Balaban J connectivity index is 1.99. The number of nitrogens with zero attached hydrogens (tertiary/aromatic N) is 2. The Labute approximate surface area is 114 Å². The van der Waals surface area contributed by atoms with Crippen LogP contribution in [-0.2, 0) is 0 Å². The van der Waals surface area contributed by atoms with Gasteiger partial charge in [0.15, 0.2) is 0 Å². The van der Waals surface area contributed by atoms with E-state index in [4.69, 9.17) is 0 Å². The lowest BCUT2D eigenvalue weighted by Crippen LogP contribution is -2.13. The van der Waals surface area contributed by atoms with Crippen molar-refractivity contribution >= 4 is 22.6 Å². The van der Waals surface area contributed by atoms with Crippen molar-refractivity contribution in [2.75, 3.05) is 5.32 Å². The number of carbonyl (C=O) groups is 1. The third-order valence-corrected chi connectivity index (χ3v) is 2.87. The number of rotatable bonds is 2. The van der Waals surface area contributed by atoms with Crippen LogP contribution in [0.4, 0.5) is 10.1 Å². The third kappa shape index (κ3) is 2.21. The molecule has 5 heteroatoms. The Morgan fingerprint density at radius 1 is 1.00 bits per heavy atom. The number of halogens is 1. The molecule has 4 nitrogen and oxygen atoms in total. The minimum Gasteiger partial charge on any atom is -0.319 e. The van der Waals surface area contributed by atoms with E-state index in [-0.39, 0.29) is 5.69 Å². The highest BCUT2D eigenvalue weighted by Gasteiger charge is 2.13. The van der Waals surface area contributed by atoms with Crippen LogP contribution in [0, 0.1) is 5.82 Å². The van der Waals surface area contributed by atoms with Crippen LogP contribution in [0.1, 0.15) is 10.4 Å². The molecule has 0 spiro atoms. The molecule has 1 aromatic heterocycles. The van der Waals surface area contributed by atoms with Crippen molar-refractivity contribution in [1.82, 2.24) is 9.97 Å². The van der Waals surface area contributed by atoms with Crippen LogP contribution in [0.2, 0.25) is 0 Å². The van der Waals surface area contributed by atoms with Gasteiger partial charge >= 0.3 is 0 Å². The zero-order chi connectivity index (χ0) is 13.9. The molecule has 0 aliphatic heterocycles. The van der Waals surface area contributed by atoms with Crippen LogP contribution in [0.15, 0.2) is 54.9 Å². The number of anilines is 1. The highest BCUT2D eigenvalue weighted by Crippen LogP contribution is 2.17. The fourth-order valence-corrected chi connectivity index (χ4v) is 1.93. The molecule has 0 radical (unpaired) electrons. The van der Waals surface area contributed by atoms with Crippen molar-refractivity contribution in [3.63, 3.8) is 0 Å². The van der Waals surface area contributed by atoms with Gasteiger partial charge in [-0.3, -0.25) is 14.8 Å². The molecule has 3 aromatic rings. The summed E-state index contributed by atoms with van der Waals surface area (Å²) in [4.78, 5) is 20.5. The number of aromatic nitrogens is 2. The fraction of sp³-hybridized carbons (Fsp3) is 0. The number of fused-ring (bicyclic) bond motifs is 1. The maximum absolute atomic E-state index is 13.5. The molecule has 0 bridgehead atoms. The first-order valence-electron chi connectivity index (χ1n) is 6.01. The predicted molar refractivity (Wildman–Crippen MR) is 73.9 cm³/mol. The average molecular weight is 267 g/mol. The normalized spacial score (nSPS) is 10.4. The van der Waals surface area contributed by atoms with Gasteiger partial charge in [0.1, 0.15) is 11.3 Å². The summed E-state index contributed by atoms with van der Waals surface area (Å²) in [5.74, 6) is -0.895. The molecule has 0 unspecified atom stereocenters. The smallest absolute Gasteiger partial charge is 0.258 e. The lowest BCUT2D eigenvalue weighted by Gasteiger charge is -2.07. The number of benzene rings is 2. The molecule has 0 aliphatic carbocycles. The van der Waals surface area contributed by atoms with E-state index in [9.17, 15) is 9.18 Å². The molecule has 1 heterocycles. The first-order valence-corrected chi connectivity index (χ1v) is 6.01. The van der Waals surface area contributed by atoms with E-state index in [1.54, 1.807) is 36.5 Å². The highest BCUT2D eigenvalue weighted by atomic mass is 19.1. The quantitative estimate of drug-likeness (QED) is 0.776. The van der Waals surface area contributed by atoms with E-state index < -0.39 is 11.7 Å². The first-order chi connectivity index (χ1) is 9.75. The van der Waals surface area contributed by atoms with E-state index in [1.165, 1.54) is 18.3 Å². The lowest BCUT2D eigenvalue weighted by molar-refractivity contribution is 0.102. The monoisotopic (exact) mass is 267 g/mol. The van der Waals surface area contributed by atoms with E-state index in [1.807, 2.05) is 0 Å². The zero-order valence-corrected chi connectivity index (χ0v) is 10.4. The van der Waals surface area contributed by atoms with Crippen molar-refractivity contribution in [1.29, 1.82) is 0 Å². The second-order valence-corrected chi connectivity index (χ2v) is 4.16. The summed E-state index contributed by atoms with van der Waals surface area (Å²) in [6.45, 7) is 0. The van der Waals surface area contributed by atoms with E-state index in [2.05, 4.69) is 15.3 Å². The van der Waals surface area contributed by atoms with Crippen molar-refractivity contribution in [3.05, 3.63) is 66.2 Å². The summed E-state index contributed by atoms with van der Waals surface area (Å²) in [5.41, 5.74) is 1.61. The van der Waals surface area contributed by atoms with Crippen LogP contribution in [0.25, 0.3) is 11.0 Å². The van der Waals surface area contributed by atoms with Crippen molar-refractivity contribution < 1.29 is 9.18 Å². The van der Waals surface area contributed by atoms with E-state index in [0.717, 1.165) is 0 Å². The van der Waals surface area contributed by atoms with E-state index >= 15 is 0 Å². The summed E-state index contributed by atoms with van der Waals surface area (Å²) in [6, 6.07) is 11.1. The maximum Gasteiger partial charge on any atom is 0.258 e. The van der Waals surface area contributed by atoms with Crippen LogP contribution in [0.3, 0.4) is 0 Å². The van der Waals surface area contributed by atoms with Crippen molar-refractivity contribution in [2.45, 2.75) is 0 Å². The average Bonchev–Trinajstić information content (AvgIpc) is 2.49. The van der Waals surface area contributed by atoms with Crippen LogP contribution in [0.5, 0.6) is 0 Å². The van der Waals surface area contributed by atoms with Gasteiger partial charge in [0.2, 0.25) is 0 Å². The van der Waals surface area contributed by atoms with Gasteiger partial charge < -0.3 is 5.32 Å². The molecule has 0 aliphatic rings. The summed E-state index contributed by atoms with van der Waals surface area (Å²) in [6.07, 6.45) is 3.07. The Kier molecular flexibility index (Phi) is 3.09. The fourth-order valence-electron chi connectivity index (χ4n) is 1.93. The third-order valence-electron chi connectivity index (χ3n) is 2.87. The Morgan fingerprint density at radius 2 is 1.80 bits per heavy atom. The standard InChI is InChI=1S/C15H10FN3O/c16-11-5-1-2-6-12(11)19-15(20)10-4-3-7-13-14(10)18-9-8-17-13/h1-9H,(H,19,20). The van der Waals surface area contributed by atoms with Gasteiger partial charge in [-0.25, -0.2) is 4.39 Å². The molecule has 20 heavy (non-hydrogen) atoms. The zero-order valence-electron chi connectivity index (χ0n) is 10.4. The van der Waals surface area contributed by atoms with Gasteiger partial charge in [-0.1, -0.05) is 18.2 Å². The molecule has 0 saturated heterocycles. The lowest BCUT2D eigenvalue weighted by atomic mass is 10.1. The molecular weight excluding hydrogens is 257 g/mol. The van der Waals surface area contributed by atoms with Gasteiger partial charge in [-0.2, -0.15) is 0 Å². The molecule has 0 fully saturated rings. The van der Waals surface area contributed by atoms with Gasteiger partial charge in [-0.05, 0) is 24.3 Å². The van der Waals surface area contributed by atoms with Crippen molar-refractivity contribution in [2.24, 2.45) is 0 Å². The number of carbonyl (C=O) groups excluding carboxylic acids is 1. The van der Waals surface area contributed by atoms with Crippen LogP contribution < -0.4 is 5.32 Å². The number of amides is 1. The maximum atomic E-state index is 13.5. The molecule has 1 N–H and O–H groups in total. The minimum atomic E-state index is -0.479. The molecule has 1 amide bonds. The first kappa shape index (κ1) is 12.2. The largest absolute Gasteiger partial charge is 0.319 e. The van der Waals surface area contributed by atoms with Gasteiger partial charge in [0.25, 0.3) is 5.91 Å². The predicted octanol–water partition coefficient (Wildman–Crippen LogP) is 3.02. The summed E-state index contributed by atoms with van der Waals surface area (Å²) < 4.78 is 13.5. The summed E-state index contributed by atoms with van der Waals surface area (Å²) >= 11 is 0. The van der Waals surface area contributed by atoms with Crippen LogP contribution in [-0.4, -0.2) is 15.9 Å². The Hall–Kier alpha value is -2.82. The number of hydrogen-bond acceptors (Lipinski definition) is 3. The minimum absolute atomic E-state index is 0.137. The molecule has 0 saturated carbocycles. The summed E-state index contributed by atoms with van der Waals surface area (Å²) in [7, 11) is 0. The number of nitrogens with one attached hydrogen (secondary N) is 1. The topological polar surface area (TPSA) is 54.9 Å². The van der Waals surface area contributed by atoms with Gasteiger partial charge in [0, 0.05) is 12.4 Å². The second kappa shape index (κ2) is 5.05. The summed E-state index contributed by atoms with van der Waals surface area (Å²) in [5, 5.41) is 2.54. The molecular formula is C15H10FN3O. The van der Waals surface area contributed by atoms with Gasteiger partial charge in [-0.15, -0.1) is 0 Å². The molecule has 98 valence electrons. The van der Waals surface area contributed by atoms with Crippen molar-refractivity contribution in [3.8, 4) is 0 Å². The Bertz CT molecular complexity index is 783. The molecule has 3 rings (SSSR count). The van der Waals surface area contributed by atoms with Gasteiger partial charge in [0.05, 0.1) is 16.8 Å². The second-order valence-electron chi connectivity index (χ2n) is 4.16. The molecule has 2 aromatic carbocycles.